The first-order valence-corrected chi connectivity index (χ1v) is 4.33. The van der Waals surface area contributed by atoms with Crippen LogP contribution in [0.5, 0.6) is 0 Å². The predicted molar refractivity (Wildman–Crippen MR) is 42.5 cm³/mol. The molecule has 4 heteroatoms. The van der Waals surface area contributed by atoms with E-state index < -0.39 is 36.0 Å². The maximum atomic E-state index is 13.1. The number of hydrogen-bond donors (Lipinski definition) is 0. The average molecular weight is 198 g/mol. The minimum absolute atomic E-state index is 0.746. The van der Waals surface area contributed by atoms with Crippen molar-refractivity contribution < 1.29 is 17.6 Å². The molecule has 0 aromatic rings. The lowest BCUT2D eigenvalue weighted by Crippen LogP contribution is -2.33. The zero-order valence-corrected chi connectivity index (χ0v) is 7.90. The van der Waals surface area contributed by atoms with Crippen molar-refractivity contribution in [1.82, 2.24) is 0 Å². The first-order valence-electron chi connectivity index (χ1n) is 4.33. The molecule has 13 heavy (non-hydrogen) atoms. The molecule has 4 unspecified atom stereocenters. The van der Waals surface area contributed by atoms with Gasteiger partial charge in [-0.25, -0.2) is 17.6 Å². The van der Waals surface area contributed by atoms with Crippen LogP contribution in [-0.2, 0) is 0 Å². The molecule has 0 heterocycles. The Bertz CT molecular complexity index is 173. The second-order valence-corrected chi connectivity index (χ2v) is 4.67. The third-order valence-electron chi connectivity index (χ3n) is 2.60. The van der Waals surface area contributed by atoms with Gasteiger partial charge in [0, 0.05) is 5.92 Å². The fraction of sp³-hybridized carbons (Fsp3) is 1.00. The highest BCUT2D eigenvalue weighted by Gasteiger charge is 2.56. The topological polar surface area (TPSA) is 0 Å². The lowest BCUT2D eigenvalue weighted by molar-refractivity contribution is 0.0651. The highest BCUT2D eigenvalue weighted by Crippen LogP contribution is 2.45. The van der Waals surface area contributed by atoms with Crippen molar-refractivity contribution in [3.05, 3.63) is 0 Å². The minimum Gasteiger partial charge on any atom is -0.244 e. The van der Waals surface area contributed by atoms with Crippen LogP contribution >= 0.6 is 0 Å². The molecular formula is C9H14F4. The largest absolute Gasteiger partial charge is 0.244 e. The summed E-state index contributed by atoms with van der Waals surface area (Å²) in [6.07, 6.45) is -8.66. The van der Waals surface area contributed by atoms with E-state index in [0.717, 1.165) is 0 Å². The van der Waals surface area contributed by atoms with Crippen molar-refractivity contribution in [3.63, 3.8) is 0 Å². The van der Waals surface area contributed by atoms with Crippen molar-refractivity contribution in [2.45, 2.75) is 45.5 Å². The van der Waals surface area contributed by atoms with E-state index in [1.165, 1.54) is 0 Å². The van der Waals surface area contributed by atoms with E-state index in [1.807, 2.05) is 0 Å². The van der Waals surface area contributed by atoms with Gasteiger partial charge in [-0.1, -0.05) is 20.8 Å². The Balaban J connectivity index is 2.88. The van der Waals surface area contributed by atoms with Gasteiger partial charge in [0.05, 0.1) is 0 Å². The monoisotopic (exact) mass is 198 g/mol. The summed E-state index contributed by atoms with van der Waals surface area (Å²) in [6.45, 7) is 4.75. The van der Waals surface area contributed by atoms with Crippen LogP contribution < -0.4 is 0 Å². The van der Waals surface area contributed by atoms with Crippen LogP contribution in [0.15, 0.2) is 0 Å². The predicted octanol–water partition coefficient (Wildman–Crippen LogP) is 3.01. The number of alkyl halides is 4. The van der Waals surface area contributed by atoms with Crippen molar-refractivity contribution in [3.8, 4) is 0 Å². The maximum Gasteiger partial charge on any atom is 0.165 e. The fourth-order valence-corrected chi connectivity index (χ4v) is 1.88. The molecule has 1 rings (SSSR count). The smallest absolute Gasteiger partial charge is 0.165 e. The Morgan fingerprint density at radius 1 is 0.692 bits per heavy atom. The molecule has 1 aliphatic carbocycles. The van der Waals surface area contributed by atoms with E-state index >= 15 is 0 Å². The Labute approximate surface area is 75.3 Å². The summed E-state index contributed by atoms with van der Waals surface area (Å²) in [6, 6.07) is 0. The molecule has 0 aliphatic heterocycles. The summed E-state index contributed by atoms with van der Waals surface area (Å²) in [5.41, 5.74) is -0.746. The normalized spacial score (nSPS) is 46.8. The lowest BCUT2D eigenvalue weighted by Gasteiger charge is -2.29. The van der Waals surface area contributed by atoms with Gasteiger partial charge in [-0.15, -0.1) is 0 Å². The van der Waals surface area contributed by atoms with Gasteiger partial charge in [-0.05, 0) is 5.41 Å². The van der Waals surface area contributed by atoms with Gasteiger partial charge in [0.15, 0.2) is 12.3 Å². The van der Waals surface area contributed by atoms with Crippen LogP contribution in [0.25, 0.3) is 0 Å². The molecule has 78 valence electrons. The molecule has 0 aromatic carbocycles. The van der Waals surface area contributed by atoms with Crippen molar-refractivity contribution in [2.75, 3.05) is 0 Å². The molecule has 0 bridgehead atoms. The van der Waals surface area contributed by atoms with E-state index in [9.17, 15) is 17.6 Å². The van der Waals surface area contributed by atoms with Gasteiger partial charge in [0.25, 0.3) is 0 Å². The van der Waals surface area contributed by atoms with E-state index in [-0.39, 0.29) is 0 Å². The van der Waals surface area contributed by atoms with Crippen LogP contribution in [-0.4, -0.2) is 24.7 Å². The quantitative estimate of drug-likeness (QED) is 0.525. The fourth-order valence-electron chi connectivity index (χ4n) is 1.88. The van der Waals surface area contributed by atoms with Crippen LogP contribution in [0.1, 0.15) is 20.8 Å². The molecule has 0 spiro atoms. The standard InChI is InChI=1S/C9H14F4/c1-9(2,3)4-5(10)7(12)8(13)6(4)11/h4-8H,1-3H3. The van der Waals surface area contributed by atoms with E-state index in [1.54, 1.807) is 20.8 Å². The molecule has 1 aliphatic rings. The van der Waals surface area contributed by atoms with Crippen molar-refractivity contribution in [1.29, 1.82) is 0 Å². The molecule has 1 fully saturated rings. The minimum atomic E-state index is -2.31. The molecule has 4 atom stereocenters. The second kappa shape index (κ2) is 3.14. The van der Waals surface area contributed by atoms with Crippen LogP contribution in [0, 0.1) is 11.3 Å². The third kappa shape index (κ3) is 1.67. The summed E-state index contributed by atoms with van der Waals surface area (Å²) in [5.74, 6) is -1.18. The second-order valence-electron chi connectivity index (χ2n) is 4.67. The van der Waals surface area contributed by atoms with Crippen LogP contribution in [0.4, 0.5) is 17.6 Å². The summed E-state index contributed by atoms with van der Waals surface area (Å²) < 4.78 is 51.7. The summed E-state index contributed by atoms with van der Waals surface area (Å²) in [4.78, 5) is 0. The molecular weight excluding hydrogens is 184 g/mol. The summed E-state index contributed by atoms with van der Waals surface area (Å²) in [7, 11) is 0. The average Bonchev–Trinajstić information content (AvgIpc) is 2.14. The van der Waals surface area contributed by atoms with Gasteiger partial charge < -0.3 is 0 Å². The molecule has 0 amide bonds. The molecule has 0 radical (unpaired) electrons. The Hall–Kier alpha value is -0.280. The first kappa shape index (κ1) is 10.8. The van der Waals surface area contributed by atoms with Gasteiger partial charge >= 0.3 is 0 Å². The van der Waals surface area contributed by atoms with E-state index in [0.29, 0.717) is 0 Å². The van der Waals surface area contributed by atoms with Gasteiger partial charge in [0.2, 0.25) is 0 Å². The number of rotatable bonds is 0. The highest BCUT2D eigenvalue weighted by molar-refractivity contribution is 5.03. The Morgan fingerprint density at radius 2 is 1.00 bits per heavy atom. The molecule has 0 saturated heterocycles. The van der Waals surface area contributed by atoms with Crippen LogP contribution in [0.3, 0.4) is 0 Å². The SMILES string of the molecule is CC(C)(C)C1C(F)C(F)C(F)C1F. The summed E-state index contributed by atoms with van der Waals surface area (Å²) >= 11 is 0. The third-order valence-corrected chi connectivity index (χ3v) is 2.60. The highest BCUT2D eigenvalue weighted by atomic mass is 19.2. The van der Waals surface area contributed by atoms with E-state index in [4.69, 9.17) is 0 Å². The Kier molecular flexibility index (Phi) is 2.61. The molecule has 0 aromatic heterocycles. The molecule has 1 saturated carbocycles. The summed E-state index contributed by atoms with van der Waals surface area (Å²) in [5, 5.41) is 0. The first-order chi connectivity index (χ1) is 5.76. The molecule has 0 nitrogen and oxygen atoms in total. The van der Waals surface area contributed by atoms with Gasteiger partial charge in [-0.3, -0.25) is 0 Å². The molecule has 0 N–H and O–H groups in total. The van der Waals surface area contributed by atoms with Crippen molar-refractivity contribution >= 4 is 0 Å². The van der Waals surface area contributed by atoms with Crippen LogP contribution in [0.2, 0.25) is 0 Å². The van der Waals surface area contributed by atoms with Gasteiger partial charge in [-0.2, -0.15) is 0 Å². The lowest BCUT2D eigenvalue weighted by atomic mass is 9.78. The number of hydrogen-bond acceptors (Lipinski definition) is 0. The Morgan fingerprint density at radius 3 is 1.15 bits per heavy atom. The van der Waals surface area contributed by atoms with Gasteiger partial charge in [0.1, 0.15) is 12.3 Å². The van der Waals surface area contributed by atoms with E-state index in [2.05, 4.69) is 0 Å². The maximum absolute atomic E-state index is 13.1. The number of halogens is 4. The zero-order valence-electron chi connectivity index (χ0n) is 7.90. The zero-order chi connectivity index (χ0) is 10.4. The van der Waals surface area contributed by atoms with Crippen molar-refractivity contribution in [2.24, 2.45) is 11.3 Å².